The van der Waals surface area contributed by atoms with Gasteiger partial charge in [0.1, 0.15) is 0 Å². The average molecular weight is 167 g/mol. The van der Waals surface area contributed by atoms with E-state index in [-0.39, 0.29) is 17.8 Å². The Morgan fingerprint density at radius 3 is 2.20 bits per heavy atom. The number of aliphatic hydroxyl groups excluding tert-OH is 1. The molecule has 0 heterocycles. The Balaban J connectivity index is 0. The summed E-state index contributed by atoms with van der Waals surface area (Å²) in [5, 5.41) is 16.7. The van der Waals surface area contributed by atoms with Crippen molar-refractivity contribution in [2.75, 3.05) is 0 Å². The summed E-state index contributed by atoms with van der Waals surface area (Å²) in [5.41, 5.74) is 0. The number of carbonyl (C=O) groups is 1. The largest absolute Gasteiger partial charge is 0.479 e. The van der Waals surface area contributed by atoms with Crippen molar-refractivity contribution in [1.29, 1.82) is 0 Å². The number of rotatable bonds is 3. The van der Waals surface area contributed by atoms with Crippen LogP contribution >= 0.6 is 12.6 Å². The lowest BCUT2D eigenvalue weighted by atomic mass is 10.2. The zero-order valence-corrected chi connectivity index (χ0v) is 6.71. The van der Waals surface area contributed by atoms with Crippen LogP contribution in [0.2, 0.25) is 0 Å². The van der Waals surface area contributed by atoms with Gasteiger partial charge in [0, 0.05) is 5.25 Å². The highest BCUT2D eigenvalue weighted by Crippen LogP contribution is 2.03. The van der Waals surface area contributed by atoms with E-state index in [0.717, 1.165) is 0 Å². The Bertz CT molecular complexity index is 107. The fourth-order valence-corrected chi connectivity index (χ4v) is 0.624. The maximum atomic E-state index is 9.95. The molecule has 0 saturated heterocycles. The van der Waals surface area contributed by atoms with Crippen LogP contribution in [0.5, 0.6) is 0 Å². The summed E-state index contributed by atoms with van der Waals surface area (Å²) in [7, 11) is 0. The number of hydrogen-bond acceptors (Lipinski definition) is 4. The van der Waals surface area contributed by atoms with Gasteiger partial charge in [-0.3, -0.25) is 0 Å². The zero-order chi connectivity index (χ0) is 7.44. The van der Waals surface area contributed by atoms with Crippen LogP contribution in [0.15, 0.2) is 0 Å². The van der Waals surface area contributed by atoms with Gasteiger partial charge >= 0.3 is 5.97 Å². The normalized spacial score (nSPS) is 15.1. The molecule has 0 aromatic heterocycles. The first kappa shape index (κ1) is 12.4. The molecule has 2 atom stereocenters. The fourth-order valence-electron chi connectivity index (χ4n) is 0.424. The van der Waals surface area contributed by atoms with Crippen LogP contribution in [-0.4, -0.2) is 27.5 Å². The van der Waals surface area contributed by atoms with Gasteiger partial charge < -0.3 is 16.4 Å². The molecule has 0 radical (unpaired) electrons. The second kappa shape index (κ2) is 5.52. The van der Waals surface area contributed by atoms with E-state index in [1.54, 1.807) is 6.92 Å². The molecule has 0 rings (SSSR count). The number of aliphatic hydroxyl groups is 1. The molecule has 0 bridgehead atoms. The van der Waals surface area contributed by atoms with E-state index < -0.39 is 12.1 Å². The van der Waals surface area contributed by atoms with Crippen LogP contribution in [0.1, 0.15) is 13.3 Å². The molecule has 0 aliphatic carbocycles. The fraction of sp³-hybridized carbons (Fsp3) is 0.800. The summed E-state index contributed by atoms with van der Waals surface area (Å²) >= 11 is 3.91. The van der Waals surface area contributed by atoms with Gasteiger partial charge in [-0.05, 0) is 6.42 Å². The molecule has 2 unspecified atom stereocenters. The lowest BCUT2D eigenvalue weighted by molar-refractivity contribution is -0.146. The van der Waals surface area contributed by atoms with E-state index in [0.29, 0.717) is 0 Å². The molecule has 62 valence electrons. The number of aliphatic carboxylic acids is 1. The maximum absolute atomic E-state index is 9.95. The number of hydrogen-bond donors (Lipinski definition) is 4. The Morgan fingerprint density at radius 2 is 2.10 bits per heavy atom. The third-order valence-corrected chi connectivity index (χ3v) is 1.06. The average Bonchev–Trinajstić information content (AvgIpc) is 1.63. The minimum atomic E-state index is -1.27. The van der Waals surface area contributed by atoms with Crippen LogP contribution in [0.3, 0.4) is 0 Å². The molecule has 0 saturated carbocycles. The molecule has 0 aliphatic rings. The minimum Gasteiger partial charge on any atom is -0.479 e. The number of thiol groups is 1. The summed E-state index contributed by atoms with van der Waals surface area (Å²) in [4.78, 5) is 9.95. The van der Waals surface area contributed by atoms with Crippen molar-refractivity contribution < 1.29 is 15.0 Å². The lowest BCUT2D eigenvalue weighted by Gasteiger charge is -2.05. The van der Waals surface area contributed by atoms with E-state index >= 15 is 0 Å². The summed E-state index contributed by atoms with van der Waals surface area (Å²) in [5.74, 6) is -1.18. The van der Waals surface area contributed by atoms with Gasteiger partial charge in [-0.15, -0.1) is 0 Å². The Hall–Kier alpha value is -0.260. The Labute approximate surface area is 65.2 Å². The second-order valence-electron chi connectivity index (χ2n) is 1.94. The molecule has 0 amide bonds. The summed E-state index contributed by atoms with van der Waals surface area (Å²) in [6.45, 7) is 1.73. The van der Waals surface area contributed by atoms with Crippen molar-refractivity contribution >= 4 is 18.6 Å². The van der Waals surface area contributed by atoms with E-state index in [1.807, 2.05) is 0 Å². The Morgan fingerprint density at radius 1 is 1.70 bits per heavy atom. The highest BCUT2D eigenvalue weighted by Gasteiger charge is 2.14. The Kier molecular flexibility index (Phi) is 6.85. The van der Waals surface area contributed by atoms with Gasteiger partial charge in [0.05, 0.1) is 0 Å². The van der Waals surface area contributed by atoms with Gasteiger partial charge in [-0.25, -0.2) is 4.79 Å². The monoisotopic (exact) mass is 167 g/mol. The molecule has 10 heavy (non-hydrogen) atoms. The van der Waals surface area contributed by atoms with Crippen LogP contribution in [0.25, 0.3) is 0 Å². The highest BCUT2D eigenvalue weighted by molar-refractivity contribution is 7.80. The molecular formula is C5H13NO3S. The quantitative estimate of drug-likeness (QED) is 0.455. The summed E-state index contributed by atoms with van der Waals surface area (Å²) < 4.78 is 0. The van der Waals surface area contributed by atoms with Crippen molar-refractivity contribution in [3.8, 4) is 0 Å². The lowest BCUT2D eigenvalue weighted by Crippen LogP contribution is -2.22. The molecule has 4 nitrogen and oxygen atoms in total. The first-order chi connectivity index (χ1) is 4.04. The van der Waals surface area contributed by atoms with Crippen molar-refractivity contribution in [3.05, 3.63) is 0 Å². The van der Waals surface area contributed by atoms with Crippen LogP contribution in [-0.2, 0) is 4.79 Å². The molecular weight excluding hydrogens is 154 g/mol. The maximum Gasteiger partial charge on any atom is 0.332 e. The molecule has 5 N–H and O–H groups in total. The molecule has 0 aliphatic heterocycles. The van der Waals surface area contributed by atoms with Crippen molar-refractivity contribution in [3.63, 3.8) is 0 Å². The number of carboxylic acids is 1. The van der Waals surface area contributed by atoms with Gasteiger partial charge in [0.2, 0.25) is 0 Å². The standard InChI is InChI=1S/C5H10O3S.H3N/c1-3(9)2-4(6)5(7)8;/h3-4,6,9H,2H2,1H3,(H,7,8);1H3. The van der Waals surface area contributed by atoms with Crippen molar-refractivity contribution in [2.24, 2.45) is 0 Å². The van der Waals surface area contributed by atoms with Gasteiger partial charge in [0.15, 0.2) is 6.10 Å². The SMILES string of the molecule is CC(S)CC(O)C(=O)O.N. The van der Waals surface area contributed by atoms with E-state index in [9.17, 15) is 4.79 Å². The predicted octanol–water partition coefficient (Wildman–Crippen LogP) is 0.302. The predicted molar refractivity (Wildman–Crippen MR) is 41.7 cm³/mol. The first-order valence-electron chi connectivity index (χ1n) is 2.63. The molecule has 0 spiro atoms. The number of carboxylic acid groups (broad SMARTS) is 1. The minimum absolute atomic E-state index is 0. The molecule has 0 aromatic rings. The van der Waals surface area contributed by atoms with Crippen LogP contribution in [0, 0.1) is 0 Å². The zero-order valence-electron chi connectivity index (χ0n) is 5.82. The van der Waals surface area contributed by atoms with Gasteiger partial charge in [-0.2, -0.15) is 12.6 Å². The van der Waals surface area contributed by atoms with E-state index in [2.05, 4.69) is 12.6 Å². The smallest absolute Gasteiger partial charge is 0.332 e. The second-order valence-corrected chi connectivity index (χ2v) is 2.82. The molecule has 5 heteroatoms. The summed E-state index contributed by atoms with van der Waals surface area (Å²) in [6.07, 6.45) is -1.07. The molecule has 0 fully saturated rings. The molecule has 0 aromatic carbocycles. The van der Waals surface area contributed by atoms with Crippen LogP contribution in [0.4, 0.5) is 0 Å². The van der Waals surface area contributed by atoms with Crippen LogP contribution < -0.4 is 6.15 Å². The third-order valence-electron chi connectivity index (χ3n) is 0.849. The van der Waals surface area contributed by atoms with Crippen molar-refractivity contribution in [2.45, 2.75) is 24.7 Å². The van der Waals surface area contributed by atoms with E-state index in [4.69, 9.17) is 10.2 Å². The van der Waals surface area contributed by atoms with E-state index in [1.165, 1.54) is 0 Å². The first-order valence-corrected chi connectivity index (χ1v) is 3.14. The van der Waals surface area contributed by atoms with Crippen molar-refractivity contribution in [1.82, 2.24) is 6.15 Å². The topological polar surface area (TPSA) is 92.5 Å². The highest BCUT2D eigenvalue weighted by atomic mass is 32.1. The van der Waals surface area contributed by atoms with Gasteiger partial charge in [-0.1, -0.05) is 6.92 Å². The van der Waals surface area contributed by atoms with Gasteiger partial charge in [0.25, 0.3) is 0 Å². The third kappa shape index (κ3) is 5.87. The summed E-state index contributed by atoms with van der Waals surface area (Å²) in [6, 6.07) is 0.